The van der Waals surface area contributed by atoms with Crippen molar-refractivity contribution >= 4 is 0 Å². The Balaban J connectivity index is 0.000000225. The summed E-state index contributed by atoms with van der Waals surface area (Å²) in [5.74, 6) is -1.54. The van der Waals surface area contributed by atoms with Gasteiger partial charge in [0, 0.05) is 39.4 Å². The van der Waals surface area contributed by atoms with Crippen LogP contribution in [-0.2, 0) is 20.1 Å². The minimum atomic E-state index is -2.12. The molecule has 1 radical (unpaired) electrons. The number of nitrogens with zero attached hydrogens (tertiary/aromatic N) is 2. The number of hydrogen-bond acceptors (Lipinski definition) is 2. The van der Waals surface area contributed by atoms with E-state index in [0.29, 0.717) is 5.69 Å². The van der Waals surface area contributed by atoms with E-state index < -0.39 is 18.6 Å². The standard InChI is InChI=1S/C19H16N.C15H16N.Ir/c1-15(16-9-3-2-4-10-16)17-11-5-6-12-18(17)19-13-7-8-14-20-19;1-11(2)14-8-9-16-15(10-14)13-6-4-12(3)5-7-13;/h2-11,13-15H,1H3;4-6,8-11H,1-3H3;/q2*-1;/i15D;3D3,11D;. The number of pyridine rings is 2. The normalized spacial score (nSPS) is 14.6. The van der Waals surface area contributed by atoms with Gasteiger partial charge in [0.1, 0.15) is 0 Å². The van der Waals surface area contributed by atoms with Crippen molar-refractivity contribution in [3.8, 4) is 22.5 Å². The van der Waals surface area contributed by atoms with Gasteiger partial charge in [0.2, 0.25) is 0 Å². The van der Waals surface area contributed by atoms with E-state index in [9.17, 15) is 0 Å². The van der Waals surface area contributed by atoms with Gasteiger partial charge in [0.25, 0.3) is 0 Å². The summed E-state index contributed by atoms with van der Waals surface area (Å²) in [7, 11) is 0. The summed E-state index contributed by atoms with van der Waals surface area (Å²) in [6.45, 7) is 3.42. The molecule has 2 nitrogen and oxygen atoms in total. The van der Waals surface area contributed by atoms with Gasteiger partial charge < -0.3 is 9.97 Å². The maximum Gasteiger partial charge on any atom is 0.0346 e. The van der Waals surface area contributed by atoms with Gasteiger partial charge in [0.15, 0.2) is 0 Å². The van der Waals surface area contributed by atoms with Crippen LogP contribution in [-0.4, -0.2) is 9.97 Å². The van der Waals surface area contributed by atoms with Crippen LogP contribution in [0.2, 0.25) is 0 Å². The summed E-state index contributed by atoms with van der Waals surface area (Å²) in [5, 5.41) is 0. The van der Waals surface area contributed by atoms with Gasteiger partial charge in [-0.1, -0.05) is 81.7 Å². The number of aryl methyl sites for hydroxylation is 1. The largest absolute Gasteiger partial charge is 0.305 e. The molecule has 0 amide bonds. The second-order valence-electron chi connectivity index (χ2n) is 8.59. The Morgan fingerprint density at radius 2 is 1.54 bits per heavy atom. The zero-order chi connectivity index (χ0) is 29.7. The SMILES string of the molecule is [2H]C(C)(c1ccccc1)c1ccc[c-]c1-c1ccccn1.[2H]C([2H])([2H])c1c[c-]c(-c2cc(C([2H])(C)C)ccn2)cc1.[Ir]. The first-order chi connectivity index (χ1) is 19.4. The molecule has 1 atom stereocenters. The molecule has 1 unspecified atom stereocenters. The molecule has 0 aliphatic heterocycles. The number of hydrogen-bond donors (Lipinski definition) is 0. The number of benzene rings is 3. The van der Waals surface area contributed by atoms with Crippen LogP contribution in [0.15, 0.2) is 109 Å². The Labute approximate surface area is 242 Å². The quantitative estimate of drug-likeness (QED) is 0.176. The second-order valence-corrected chi connectivity index (χ2v) is 8.59. The molecule has 0 aliphatic carbocycles. The fourth-order valence-electron chi connectivity index (χ4n) is 3.79. The molecule has 0 fully saturated rings. The van der Waals surface area contributed by atoms with Gasteiger partial charge >= 0.3 is 0 Å². The van der Waals surface area contributed by atoms with E-state index in [-0.39, 0.29) is 25.7 Å². The molecule has 0 spiro atoms. The average molecular weight is 666 g/mol. The summed E-state index contributed by atoms with van der Waals surface area (Å²) in [6, 6.07) is 36.1. The molecule has 2 heterocycles. The van der Waals surface area contributed by atoms with Gasteiger partial charge in [-0.05, 0) is 40.9 Å². The van der Waals surface area contributed by atoms with Crippen LogP contribution < -0.4 is 0 Å². The summed E-state index contributed by atoms with van der Waals surface area (Å²) in [6.07, 6.45) is 3.43. The van der Waals surface area contributed by atoms with E-state index in [1.54, 1.807) is 24.5 Å². The summed E-state index contributed by atoms with van der Waals surface area (Å²) in [4.78, 5) is 8.66. The fourth-order valence-corrected chi connectivity index (χ4v) is 3.79. The zero-order valence-corrected chi connectivity index (χ0v) is 23.5. The van der Waals surface area contributed by atoms with Crippen molar-refractivity contribution in [2.24, 2.45) is 0 Å². The maximum atomic E-state index is 8.85. The molecular formula is C34H32IrN2-2. The van der Waals surface area contributed by atoms with Crippen LogP contribution in [0.3, 0.4) is 0 Å². The van der Waals surface area contributed by atoms with E-state index in [1.165, 1.54) is 6.07 Å². The molecule has 0 saturated carbocycles. The molecule has 5 aromatic rings. The zero-order valence-electron chi connectivity index (χ0n) is 26.1. The molecule has 0 aliphatic rings. The summed E-state index contributed by atoms with van der Waals surface area (Å²) in [5.41, 5.74) is 6.15. The third kappa shape index (κ3) is 7.55. The Hall–Kier alpha value is -3.39. The van der Waals surface area contributed by atoms with Crippen LogP contribution >= 0.6 is 0 Å². The smallest absolute Gasteiger partial charge is 0.0346 e. The summed E-state index contributed by atoms with van der Waals surface area (Å²) < 4.78 is 38.9. The molecule has 5 rings (SSSR count). The minimum Gasteiger partial charge on any atom is -0.305 e. The second kappa shape index (κ2) is 13.8. The van der Waals surface area contributed by atoms with Crippen LogP contribution in [0.4, 0.5) is 0 Å². The van der Waals surface area contributed by atoms with Gasteiger partial charge in [-0.25, -0.2) is 0 Å². The summed E-state index contributed by atoms with van der Waals surface area (Å²) >= 11 is 0. The molecule has 189 valence electrons. The fraction of sp³-hybridized carbons (Fsp3) is 0.176. The predicted octanol–water partition coefficient (Wildman–Crippen LogP) is 8.68. The van der Waals surface area contributed by atoms with Crippen LogP contribution in [0, 0.1) is 19.0 Å². The Bertz CT molecular complexity index is 1560. The monoisotopic (exact) mass is 666 g/mol. The Morgan fingerprint density at radius 1 is 0.757 bits per heavy atom. The predicted molar refractivity (Wildman–Crippen MR) is 150 cm³/mol. The minimum absolute atomic E-state index is 0. The van der Waals surface area contributed by atoms with Gasteiger partial charge in [-0.3, -0.25) is 0 Å². The Kier molecular flexibility index (Phi) is 8.08. The van der Waals surface area contributed by atoms with Crippen molar-refractivity contribution in [1.29, 1.82) is 0 Å². The first kappa shape index (κ1) is 21.7. The topological polar surface area (TPSA) is 25.8 Å². The van der Waals surface area contributed by atoms with Crippen molar-refractivity contribution < 1.29 is 27.0 Å². The van der Waals surface area contributed by atoms with Crippen LogP contribution in [0.25, 0.3) is 22.5 Å². The molecule has 2 aromatic heterocycles. The number of rotatable bonds is 5. The van der Waals surface area contributed by atoms with Crippen molar-refractivity contribution in [3.63, 3.8) is 0 Å². The molecule has 0 N–H and O–H groups in total. The third-order valence-corrected chi connectivity index (χ3v) is 5.81. The van der Waals surface area contributed by atoms with E-state index in [4.69, 9.17) is 6.85 Å². The molecule has 3 heteroatoms. The van der Waals surface area contributed by atoms with Crippen molar-refractivity contribution in [2.45, 2.75) is 39.4 Å². The van der Waals surface area contributed by atoms with E-state index >= 15 is 0 Å². The maximum absolute atomic E-state index is 8.85. The first-order valence-corrected chi connectivity index (χ1v) is 11.8. The molecular weight excluding hydrogens is 629 g/mol. The average Bonchev–Trinajstić information content (AvgIpc) is 2.98. The van der Waals surface area contributed by atoms with E-state index in [0.717, 1.165) is 33.5 Å². The van der Waals surface area contributed by atoms with Gasteiger partial charge in [-0.2, -0.15) is 0 Å². The van der Waals surface area contributed by atoms with E-state index in [1.807, 2.05) is 99.6 Å². The van der Waals surface area contributed by atoms with E-state index in [2.05, 4.69) is 22.1 Å². The molecule has 3 aromatic carbocycles. The van der Waals surface area contributed by atoms with Gasteiger partial charge in [0.05, 0.1) is 0 Å². The van der Waals surface area contributed by atoms with Crippen LogP contribution in [0.1, 0.15) is 61.7 Å². The van der Waals surface area contributed by atoms with Crippen molar-refractivity contribution in [1.82, 2.24) is 9.97 Å². The first-order valence-electron chi connectivity index (χ1n) is 14.3. The molecule has 0 saturated heterocycles. The van der Waals surface area contributed by atoms with Crippen molar-refractivity contribution in [3.05, 3.63) is 144 Å². The van der Waals surface area contributed by atoms with Crippen molar-refractivity contribution in [2.75, 3.05) is 0 Å². The number of aromatic nitrogens is 2. The van der Waals surface area contributed by atoms with Crippen LogP contribution in [0.5, 0.6) is 0 Å². The Morgan fingerprint density at radius 3 is 2.22 bits per heavy atom. The third-order valence-electron chi connectivity index (χ3n) is 5.81. The van der Waals surface area contributed by atoms with Gasteiger partial charge in [-0.15, -0.1) is 70.8 Å². The molecule has 37 heavy (non-hydrogen) atoms. The molecule has 0 bridgehead atoms.